The van der Waals surface area contributed by atoms with E-state index in [1.165, 1.54) is 0 Å². The van der Waals surface area contributed by atoms with Crippen LogP contribution in [0.15, 0.2) is 34.8 Å². The fraction of sp³-hybridized carbons (Fsp3) is 0.357. The van der Waals surface area contributed by atoms with Gasteiger partial charge in [0.15, 0.2) is 0 Å². The Bertz CT molecular complexity index is 450. The van der Waals surface area contributed by atoms with Gasteiger partial charge in [-0.25, -0.2) is 4.79 Å². The van der Waals surface area contributed by atoms with Crippen LogP contribution >= 0.6 is 15.9 Å². The van der Waals surface area contributed by atoms with Gasteiger partial charge in [-0.05, 0) is 37.6 Å². The van der Waals surface area contributed by atoms with Crippen molar-refractivity contribution in [1.29, 1.82) is 0 Å². The molecule has 1 aromatic rings. The summed E-state index contributed by atoms with van der Waals surface area (Å²) in [7, 11) is 0. The lowest BCUT2D eigenvalue weighted by molar-refractivity contribution is -0.142. The number of aliphatic hydroxyl groups excluding tert-OH is 1. The van der Waals surface area contributed by atoms with E-state index in [2.05, 4.69) is 22.5 Å². The van der Waals surface area contributed by atoms with Crippen molar-refractivity contribution in [2.75, 3.05) is 13.2 Å². The van der Waals surface area contributed by atoms with Gasteiger partial charge in [0.25, 0.3) is 0 Å². The number of carbonyl (C=O) groups is 1. The molecular formula is C14H17BrO4. The minimum Gasteiger partial charge on any atom is -0.491 e. The van der Waals surface area contributed by atoms with Crippen molar-refractivity contribution in [3.8, 4) is 5.75 Å². The second-order valence-corrected chi connectivity index (χ2v) is 5.22. The summed E-state index contributed by atoms with van der Waals surface area (Å²) in [5.41, 5.74) is 1.35. The number of hydrogen-bond acceptors (Lipinski definition) is 4. The van der Waals surface area contributed by atoms with Crippen LogP contribution in [-0.2, 0) is 9.53 Å². The Labute approximate surface area is 121 Å². The van der Waals surface area contributed by atoms with Gasteiger partial charge in [0.05, 0.1) is 0 Å². The number of esters is 1. The molecule has 1 unspecified atom stereocenters. The van der Waals surface area contributed by atoms with Gasteiger partial charge in [0.2, 0.25) is 0 Å². The van der Waals surface area contributed by atoms with Crippen LogP contribution in [-0.4, -0.2) is 30.4 Å². The molecule has 0 aliphatic carbocycles. The summed E-state index contributed by atoms with van der Waals surface area (Å²) < 4.78 is 11.2. The maximum absolute atomic E-state index is 11.1. The van der Waals surface area contributed by atoms with E-state index in [0.29, 0.717) is 11.3 Å². The minimum absolute atomic E-state index is 0.0549. The highest BCUT2D eigenvalue weighted by atomic mass is 79.9. The first-order valence-corrected chi connectivity index (χ1v) is 6.58. The number of carbonyl (C=O) groups excluding carboxylic acids is 1. The predicted octanol–water partition coefficient (Wildman–Crippen LogP) is 2.62. The highest BCUT2D eigenvalue weighted by Crippen LogP contribution is 2.21. The monoisotopic (exact) mass is 328 g/mol. The Morgan fingerprint density at radius 3 is 2.68 bits per heavy atom. The third kappa shape index (κ3) is 5.89. The van der Waals surface area contributed by atoms with E-state index >= 15 is 0 Å². The van der Waals surface area contributed by atoms with E-state index in [9.17, 15) is 9.90 Å². The molecule has 0 amide bonds. The van der Waals surface area contributed by atoms with Crippen molar-refractivity contribution in [1.82, 2.24) is 0 Å². The molecule has 104 valence electrons. The number of rotatable bonds is 6. The summed E-state index contributed by atoms with van der Waals surface area (Å²) in [5.74, 6) is 0.134. The topological polar surface area (TPSA) is 55.8 Å². The standard InChI is InChI=1S/C14H17BrO4/c1-9(2)14(17)19-8-12(16)7-18-13-5-10(3)4-11(15)6-13/h4-6,12,16H,1,7-8H2,2-3H3. The van der Waals surface area contributed by atoms with Crippen LogP contribution in [0.1, 0.15) is 12.5 Å². The maximum Gasteiger partial charge on any atom is 0.333 e. The van der Waals surface area contributed by atoms with E-state index < -0.39 is 12.1 Å². The average Bonchev–Trinajstić information content (AvgIpc) is 2.32. The largest absolute Gasteiger partial charge is 0.491 e. The lowest BCUT2D eigenvalue weighted by Gasteiger charge is -2.13. The van der Waals surface area contributed by atoms with E-state index in [1.807, 2.05) is 19.1 Å². The summed E-state index contributed by atoms with van der Waals surface area (Å²) in [6.07, 6.45) is -0.873. The van der Waals surface area contributed by atoms with E-state index in [4.69, 9.17) is 9.47 Å². The lowest BCUT2D eigenvalue weighted by atomic mass is 10.2. The Hall–Kier alpha value is -1.33. The molecule has 0 aliphatic rings. The quantitative estimate of drug-likeness (QED) is 0.644. The zero-order valence-corrected chi connectivity index (χ0v) is 12.6. The van der Waals surface area contributed by atoms with E-state index in [0.717, 1.165) is 10.0 Å². The Morgan fingerprint density at radius 1 is 1.42 bits per heavy atom. The fourth-order valence-electron chi connectivity index (χ4n) is 1.32. The highest BCUT2D eigenvalue weighted by Gasteiger charge is 2.10. The molecule has 1 aromatic carbocycles. The Morgan fingerprint density at radius 2 is 2.11 bits per heavy atom. The zero-order valence-electron chi connectivity index (χ0n) is 11.0. The molecule has 1 rings (SSSR count). The van der Waals surface area contributed by atoms with Crippen molar-refractivity contribution in [3.63, 3.8) is 0 Å². The number of halogens is 1. The van der Waals surface area contributed by atoms with Crippen LogP contribution in [0.3, 0.4) is 0 Å². The number of hydrogen-bond donors (Lipinski definition) is 1. The molecule has 0 saturated heterocycles. The third-order valence-electron chi connectivity index (χ3n) is 2.21. The summed E-state index contributed by atoms with van der Waals surface area (Å²) in [5, 5.41) is 9.64. The molecular weight excluding hydrogens is 312 g/mol. The van der Waals surface area contributed by atoms with Crippen LogP contribution in [0.2, 0.25) is 0 Å². The first kappa shape index (κ1) is 15.7. The van der Waals surface area contributed by atoms with Gasteiger partial charge in [-0.15, -0.1) is 0 Å². The second-order valence-electron chi connectivity index (χ2n) is 4.31. The molecule has 0 saturated carbocycles. The molecule has 0 heterocycles. The summed E-state index contributed by atoms with van der Waals surface area (Å²) in [6.45, 7) is 6.89. The number of aryl methyl sites for hydroxylation is 1. The zero-order chi connectivity index (χ0) is 14.4. The normalized spacial score (nSPS) is 11.8. The maximum atomic E-state index is 11.1. The molecule has 0 radical (unpaired) electrons. The highest BCUT2D eigenvalue weighted by molar-refractivity contribution is 9.10. The molecule has 0 aromatic heterocycles. The minimum atomic E-state index is -0.873. The first-order valence-electron chi connectivity index (χ1n) is 5.79. The van der Waals surface area contributed by atoms with Crippen molar-refractivity contribution in [2.24, 2.45) is 0 Å². The molecule has 1 atom stereocenters. The second kappa shape index (κ2) is 7.31. The van der Waals surface area contributed by atoms with Gasteiger partial charge in [-0.2, -0.15) is 0 Å². The first-order chi connectivity index (χ1) is 8.88. The Balaban J connectivity index is 2.39. The van der Waals surface area contributed by atoms with Gasteiger partial charge in [0, 0.05) is 10.0 Å². The van der Waals surface area contributed by atoms with Gasteiger partial charge in [0.1, 0.15) is 25.1 Å². The van der Waals surface area contributed by atoms with Gasteiger partial charge in [-0.3, -0.25) is 0 Å². The molecule has 0 bridgehead atoms. The molecule has 5 heteroatoms. The van der Waals surface area contributed by atoms with Crippen molar-refractivity contribution >= 4 is 21.9 Å². The molecule has 0 aliphatic heterocycles. The fourth-order valence-corrected chi connectivity index (χ4v) is 1.91. The number of ether oxygens (including phenoxy) is 2. The molecule has 19 heavy (non-hydrogen) atoms. The van der Waals surface area contributed by atoms with Crippen molar-refractivity contribution in [2.45, 2.75) is 20.0 Å². The van der Waals surface area contributed by atoms with Gasteiger partial charge in [-0.1, -0.05) is 22.5 Å². The van der Waals surface area contributed by atoms with Gasteiger partial charge >= 0.3 is 5.97 Å². The summed E-state index contributed by atoms with van der Waals surface area (Å²) in [4.78, 5) is 11.1. The average molecular weight is 329 g/mol. The van der Waals surface area contributed by atoms with Crippen molar-refractivity contribution in [3.05, 3.63) is 40.4 Å². The predicted molar refractivity (Wildman–Crippen MR) is 76.2 cm³/mol. The van der Waals surface area contributed by atoms with Crippen LogP contribution in [0, 0.1) is 6.92 Å². The SMILES string of the molecule is C=C(C)C(=O)OCC(O)COc1cc(C)cc(Br)c1. The van der Waals surface area contributed by atoms with Crippen LogP contribution in [0.5, 0.6) is 5.75 Å². The molecule has 1 N–H and O–H groups in total. The molecule has 0 spiro atoms. The van der Waals surface area contributed by atoms with E-state index in [1.54, 1.807) is 13.0 Å². The third-order valence-corrected chi connectivity index (χ3v) is 2.67. The van der Waals surface area contributed by atoms with Crippen LogP contribution in [0.25, 0.3) is 0 Å². The Kier molecular flexibility index (Phi) is 6.05. The summed E-state index contributed by atoms with van der Waals surface area (Å²) >= 11 is 3.36. The van der Waals surface area contributed by atoms with Crippen molar-refractivity contribution < 1.29 is 19.4 Å². The molecule has 4 nitrogen and oxygen atoms in total. The van der Waals surface area contributed by atoms with Crippen LogP contribution in [0.4, 0.5) is 0 Å². The summed E-state index contributed by atoms with van der Waals surface area (Å²) in [6, 6.07) is 5.62. The van der Waals surface area contributed by atoms with Crippen LogP contribution < -0.4 is 4.74 Å². The molecule has 0 fully saturated rings. The number of aliphatic hydroxyl groups is 1. The van der Waals surface area contributed by atoms with E-state index in [-0.39, 0.29) is 13.2 Å². The van der Waals surface area contributed by atoms with Gasteiger partial charge < -0.3 is 14.6 Å². The number of benzene rings is 1. The smallest absolute Gasteiger partial charge is 0.333 e. The lowest BCUT2D eigenvalue weighted by Crippen LogP contribution is -2.25.